The van der Waals surface area contributed by atoms with Gasteiger partial charge in [-0.2, -0.15) is 0 Å². The van der Waals surface area contributed by atoms with Gasteiger partial charge in [0.05, 0.1) is 5.60 Å². The van der Waals surface area contributed by atoms with Crippen LogP contribution in [0, 0.1) is 0 Å². The normalized spacial score (nSPS) is 26.6. The van der Waals surface area contributed by atoms with Crippen LogP contribution in [0.2, 0.25) is 0 Å². The van der Waals surface area contributed by atoms with Crippen LogP contribution >= 0.6 is 0 Å². The molecule has 2 rings (SSSR count). The first-order chi connectivity index (χ1) is 8.46. The number of carbonyl (C=O) groups is 1. The zero-order valence-electron chi connectivity index (χ0n) is 11.4. The zero-order valence-corrected chi connectivity index (χ0v) is 11.4. The number of aliphatic hydroxyl groups is 1. The van der Waals surface area contributed by atoms with Crippen molar-refractivity contribution in [2.45, 2.75) is 38.4 Å². The molecule has 1 N–H and O–H groups in total. The molecule has 5 nitrogen and oxygen atoms in total. The summed E-state index contributed by atoms with van der Waals surface area (Å²) in [6.07, 6.45) is 1.66. The van der Waals surface area contributed by atoms with Crippen molar-refractivity contribution in [3.63, 3.8) is 0 Å². The number of ether oxygens (including phenoxy) is 1. The van der Waals surface area contributed by atoms with Gasteiger partial charge in [0.15, 0.2) is 0 Å². The van der Waals surface area contributed by atoms with Crippen molar-refractivity contribution in [1.29, 1.82) is 0 Å². The highest BCUT2D eigenvalue weighted by Crippen LogP contribution is 2.16. The van der Waals surface area contributed by atoms with Crippen molar-refractivity contribution in [3.8, 4) is 0 Å². The molecule has 0 aromatic carbocycles. The second kappa shape index (κ2) is 5.55. The molecular formula is C13H24N2O3. The predicted octanol–water partition coefficient (Wildman–Crippen LogP) is 0.0805. The van der Waals surface area contributed by atoms with Gasteiger partial charge in [-0.15, -0.1) is 0 Å². The van der Waals surface area contributed by atoms with Crippen LogP contribution in [0.5, 0.6) is 0 Å². The van der Waals surface area contributed by atoms with Gasteiger partial charge in [-0.3, -0.25) is 9.69 Å². The maximum atomic E-state index is 12.1. The van der Waals surface area contributed by atoms with Gasteiger partial charge in [-0.1, -0.05) is 0 Å². The fourth-order valence-electron chi connectivity index (χ4n) is 2.65. The Labute approximate surface area is 109 Å². The van der Waals surface area contributed by atoms with Crippen LogP contribution in [0.3, 0.4) is 0 Å². The molecule has 0 bridgehead atoms. The molecule has 0 aromatic heterocycles. The molecule has 0 radical (unpaired) electrons. The van der Waals surface area contributed by atoms with Gasteiger partial charge in [0.1, 0.15) is 6.10 Å². The van der Waals surface area contributed by atoms with Crippen LogP contribution in [0.15, 0.2) is 0 Å². The molecular weight excluding hydrogens is 232 g/mol. The molecule has 1 amide bonds. The van der Waals surface area contributed by atoms with Gasteiger partial charge in [0.25, 0.3) is 5.91 Å². The highest BCUT2D eigenvalue weighted by Gasteiger charge is 2.31. The van der Waals surface area contributed by atoms with Crippen molar-refractivity contribution >= 4 is 5.91 Å². The first kappa shape index (κ1) is 13.8. The molecule has 104 valence electrons. The van der Waals surface area contributed by atoms with Crippen molar-refractivity contribution in [1.82, 2.24) is 9.80 Å². The number of hydrogen-bond acceptors (Lipinski definition) is 4. The van der Waals surface area contributed by atoms with Crippen LogP contribution in [-0.2, 0) is 9.53 Å². The maximum Gasteiger partial charge on any atom is 0.251 e. The van der Waals surface area contributed by atoms with Crippen LogP contribution in [0.1, 0.15) is 26.7 Å². The Hall–Kier alpha value is -0.650. The third-order valence-electron chi connectivity index (χ3n) is 3.50. The molecule has 1 atom stereocenters. The average Bonchev–Trinajstić information content (AvgIpc) is 2.80. The van der Waals surface area contributed by atoms with E-state index in [2.05, 4.69) is 4.90 Å². The average molecular weight is 256 g/mol. The van der Waals surface area contributed by atoms with Gasteiger partial charge >= 0.3 is 0 Å². The lowest BCUT2D eigenvalue weighted by molar-refractivity contribution is -0.143. The fourth-order valence-corrected chi connectivity index (χ4v) is 2.65. The lowest BCUT2D eigenvalue weighted by Crippen LogP contribution is -2.53. The Morgan fingerprint density at radius 3 is 2.50 bits per heavy atom. The minimum Gasteiger partial charge on any atom is -0.389 e. The lowest BCUT2D eigenvalue weighted by Gasteiger charge is -2.38. The van der Waals surface area contributed by atoms with Crippen LogP contribution in [0.25, 0.3) is 0 Å². The van der Waals surface area contributed by atoms with Crippen molar-refractivity contribution in [3.05, 3.63) is 0 Å². The third kappa shape index (κ3) is 3.67. The summed E-state index contributed by atoms with van der Waals surface area (Å²) >= 11 is 0. The van der Waals surface area contributed by atoms with Gasteiger partial charge in [0, 0.05) is 39.3 Å². The van der Waals surface area contributed by atoms with Gasteiger partial charge in [0.2, 0.25) is 0 Å². The van der Waals surface area contributed by atoms with Crippen molar-refractivity contribution in [2.75, 3.05) is 39.3 Å². The molecule has 2 aliphatic heterocycles. The number of hydrogen-bond donors (Lipinski definition) is 1. The Kier molecular flexibility index (Phi) is 4.25. The summed E-state index contributed by atoms with van der Waals surface area (Å²) in [5.41, 5.74) is -0.666. The van der Waals surface area contributed by atoms with E-state index in [9.17, 15) is 9.90 Å². The second-order valence-electron chi connectivity index (χ2n) is 5.92. The number of piperazine rings is 1. The molecule has 2 aliphatic rings. The molecule has 0 saturated carbocycles. The number of amides is 1. The molecule has 2 saturated heterocycles. The number of β-amino-alcohol motifs (C(OH)–C–C–N with tert-alkyl or cyclic N) is 1. The lowest BCUT2D eigenvalue weighted by atomic mass is 10.1. The van der Waals surface area contributed by atoms with E-state index in [0.29, 0.717) is 6.54 Å². The molecule has 2 fully saturated rings. The standard InChI is InChI=1S/C13H24N2O3/c1-13(2,17)10-14-5-7-15(8-6-14)12(16)11-4-3-9-18-11/h11,17H,3-10H2,1-2H3/t11-/m0/s1. The highest BCUT2D eigenvalue weighted by molar-refractivity contribution is 5.81. The van der Waals surface area contributed by atoms with E-state index in [1.165, 1.54) is 0 Å². The minimum absolute atomic E-state index is 0.149. The number of rotatable bonds is 3. The third-order valence-corrected chi connectivity index (χ3v) is 3.50. The molecule has 2 heterocycles. The maximum absolute atomic E-state index is 12.1. The molecule has 0 unspecified atom stereocenters. The van der Waals surface area contributed by atoms with E-state index >= 15 is 0 Å². The Morgan fingerprint density at radius 1 is 1.33 bits per heavy atom. The van der Waals surface area contributed by atoms with E-state index in [-0.39, 0.29) is 12.0 Å². The molecule has 0 aliphatic carbocycles. The summed E-state index contributed by atoms with van der Waals surface area (Å²) in [6.45, 7) is 8.17. The molecule has 0 spiro atoms. The van der Waals surface area contributed by atoms with Crippen molar-refractivity contribution in [2.24, 2.45) is 0 Å². The van der Waals surface area contributed by atoms with E-state index in [0.717, 1.165) is 45.6 Å². The second-order valence-corrected chi connectivity index (χ2v) is 5.92. The molecule has 0 aromatic rings. The number of carbonyl (C=O) groups excluding carboxylic acids is 1. The summed E-state index contributed by atoms with van der Waals surface area (Å²) in [5.74, 6) is 0.149. The van der Waals surface area contributed by atoms with Crippen LogP contribution < -0.4 is 0 Å². The SMILES string of the molecule is CC(C)(O)CN1CCN(C(=O)[C@@H]2CCCO2)CC1. The Morgan fingerprint density at radius 2 is 2.00 bits per heavy atom. The Balaban J connectivity index is 1.77. The van der Waals surface area contributed by atoms with Gasteiger partial charge in [-0.25, -0.2) is 0 Å². The van der Waals surface area contributed by atoms with E-state index in [1.54, 1.807) is 0 Å². The van der Waals surface area contributed by atoms with Crippen LogP contribution in [-0.4, -0.2) is 71.8 Å². The van der Waals surface area contributed by atoms with Gasteiger partial charge in [-0.05, 0) is 26.7 Å². The first-order valence-electron chi connectivity index (χ1n) is 6.81. The van der Waals surface area contributed by atoms with Crippen molar-refractivity contribution < 1.29 is 14.6 Å². The largest absolute Gasteiger partial charge is 0.389 e. The van der Waals surface area contributed by atoms with E-state index in [1.807, 2.05) is 18.7 Å². The quantitative estimate of drug-likeness (QED) is 0.777. The predicted molar refractivity (Wildman–Crippen MR) is 68.3 cm³/mol. The fraction of sp³-hybridized carbons (Fsp3) is 0.923. The Bertz CT molecular complexity index is 287. The monoisotopic (exact) mass is 256 g/mol. The zero-order chi connectivity index (χ0) is 13.2. The highest BCUT2D eigenvalue weighted by atomic mass is 16.5. The summed E-state index contributed by atoms with van der Waals surface area (Å²) in [4.78, 5) is 16.2. The molecule has 5 heteroatoms. The minimum atomic E-state index is -0.666. The summed E-state index contributed by atoms with van der Waals surface area (Å²) in [7, 11) is 0. The summed E-state index contributed by atoms with van der Waals surface area (Å²) in [5, 5.41) is 9.78. The summed E-state index contributed by atoms with van der Waals surface area (Å²) < 4.78 is 5.43. The number of nitrogens with zero attached hydrogens (tertiary/aromatic N) is 2. The van der Waals surface area contributed by atoms with E-state index in [4.69, 9.17) is 4.74 Å². The van der Waals surface area contributed by atoms with Gasteiger partial charge < -0.3 is 14.7 Å². The molecule has 18 heavy (non-hydrogen) atoms. The first-order valence-corrected chi connectivity index (χ1v) is 6.81. The van der Waals surface area contributed by atoms with Crippen LogP contribution in [0.4, 0.5) is 0 Å². The van der Waals surface area contributed by atoms with E-state index < -0.39 is 5.60 Å². The summed E-state index contributed by atoms with van der Waals surface area (Å²) in [6, 6.07) is 0. The smallest absolute Gasteiger partial charge is 0.251 e. The topological polar surface area (TPSA) is 53.0 Å².